The van der Waals surface area contributed by atoms with Crippen LogP contribution in [0.3, 0.4) is 0 Å². The largest absolute Gasteiger partial charge is 0.507 e. The van der Waals surface area contributed by atoms with Gasteiger partial charge in [-0.25, -0.2) is 0 Å². The number of hydrogen-bond donors (Lipinski definition) is 2. The molecule has 0 bridgehead atoms. The monoisotopic (exact) mass is 222 g/mol. The van der Waals surface area contributed by atoms with Gasteiger partial charge in [-0.2, -0.15) is 0 Å². The van der Waals surface area contributed by atoms with Crippen LogP contribution < -0.4 is 4.74 Å². The molecule has 0 aliphatic carbocycles. The van der Waals surface area contributed by atoms with Crippen LogP contribution in [0.4, 0.5) is 0 Å². The van der Waals surface area contributed by atoms with E-state index in [4.69, 9.17) is 9.84 Å². The van der Waals surface area contributed by atoms with Gasteiger partial charge in [-0.1, -0.05) is 0 Å². The van der Waals surface area contributed by atoms with E-state index in [1.165, 1.54) is 0 Å². The van der Waals surface area contributed by atoms with Gasteiger partial charge in [0.05, 0.1) is 0 Å². The maximum atomic E-state index is 9.96. The van der Waals surface area contributed by atoms with Crippen molar-refractivity contribution in [3.05, 3.63) is 22.3 Å². The molecule has 1 aromatic carbocycles. The standard InChI is InChI=1S/C13H18O3/c1-7-8(2)13-11(9(3)12(7)15)6-10(16-13)4-5-14/h10,14-15H,4-6H2,1-3H3/t10-/m1/s1. The molecule has 1 atom stereocenters. The van der Waals surface area contributed by atoms with Crippen LogP contribution in [-0.2, 0) is 6.42 Å². The Morgan fingerprint density at radius 3 is 2.50 bits per heavy atom. The van der Waals surface area contributed by atoms with Crippen LogP contribution >= 0.6 is 0 Å². The average molecular weight is 222 g/mol. The van der Waals surface area contributed by atoms with E-state index in [0.717, 1.165) is 34.4 Å². The molecule has 2 N–H and O–H groups in total. The Morgan fingerprint density at radius 1 is 1.19 bits per heavy atom. The second-order valence-electron chi connectivity index (χ2n) is 4.49. The molecule has 0 saturated carbocycles. The fourth-order valence-corrected chi connectivity index (χ4v) is 2.31. The quantitative estimate of drug-likeness (QED) is 0.804. The molecule has 1 aliphatic rings. The first-order valence-corrected chi connectivity index (χ1v) is 5.65. The maximum Gasteiger partial charge on any atom is 0.126 e. The lowest BCUT2D eigenvalue weighted by Crippen LogP contribution is -2.14. The Labute approximate surface area is 95.7 Å². The smallest absolute Gasteiger partial charge is 0.126 e. The number of aliphatic hydroxyl groups is 1. The van der Waals surface area contributed by atoms with E-state index in [1.807, 2.05) is 20.8 Å². The topological polar surface area (TPSA) is 49.7 Å². The lowest BCUT2D eigenvalue weighted by atomic mass is 9.96. The van der Waals surface area contributed by atoms with Crippen LogP contribution in [0, 0.1) is 20.8 Å². The van der Waals surface area contributed by atoms with Crippen molar-refractivity contribution in [3.8, 4) is 11.5 Å². The Hall–Kier alpha value is -1.22. The van der Waals surface area contributed by atoms with Crippen molar-refractivity contribution in [3.63, 3.8) is 0 Å². The molecule has 1 aliphatic heterocycles. The van der Waals surface area contributed by atoms with Gasteiger partial charge >= 0.3 is 0 Å². The number of phenolic OH excluding ortho intramolecular Hbond substituents is 1. The number of hydrogen-bond acceptors (Lipinski definition) is 3. The predicted octanol–water partition coefficient (Wildman–Crippen LogP) is 2.00. The van der Waals surface area contributed by atoms with Gasteiger partial charge in [0.2, 0.25) is 0 Å². The first kappa shape index (κ1) is 11.3. The molecule has 2 rings (SSSR count). The molecular weight excluding hydrogens is 204 g/mol. The summed E-state index contributed by atoms with van der Waals surface area (Å²) in [7, 11) is 0. The molecule has 0 unspecified atom stereocenters. The zero-order valence-electron chi connectivity index (χ0n) is 10.0. The maximum absolute atomic E-state index is 9.96. The van der Waals surface area contributed by atoms with Crippen LogP contribution in [0.5, 0.6) is 11.5 Å². The molecule has 0 spiro atoms. The highest BCUT2D eigenvalue weighted by atomic mass is 16.5. The lowest BCUT2D eigenvalue weighted by Gasteiger charge is -2.13. The third kappa shape index (κ3) is 1.55. The van der Waals surface area contributed by atoms with E-state index in [2.05, 4.69) is 0 Å². The van der Waals surface area contributed by atoms with Crippen LogP contribution in [0.25, 0.3) is 0 Å². The Balaban J connectivity index is 2.45. The van der Waals surface area contributed by atoms with E-state index < -0.39 is 0 Å². The molecule has 3 heteroatoms. The van der Waals surface area contributed by atoms with Gasteiger partial charge in [0, 0.05) is 25.0 Å². The van der Waals surface area contributed by atoms with Crippen molar-refractivity contribution >= 4 is 0 Å². The van der Waals surface area contributed by atoms with Crippen molar-refractivity contribution in [2.45, 2.75) is 39.7 Å². The van der Waals surface area contributed by atoms with Gasteiger partial charge in [0.1, 0.15) is 17.6 Å². The van der Waals surface area contributed by atoms with Gasteiger partial charge < -0.3 is 14.9 Å². The molecule has 0 aromatic heterocycles. The van der Waals surface area contributed by atoms with Crippen molar-refractivity contribution in [1.29, 1.82) is 0 Å². The van der Waals surface area contributed by atoms with Crippen LogP contribution in [0.1, 0.15) is 28.7 Å². The molecule has 0 saturated heterocycles. The summed E-state index contributed by atoms with van der Waals surface area (Å²) in [6.45, 7) is 5.93. The zero-order chi connectivity index (χ0) is 11.9. The molecule has 1 heterocycles. The molecule has 0 amide bonds. The summed E-state index contributed by atoms with van der Waals surface area (Å²) >= 11 is 0. The molecular formula is C13H18O3. The summed E-state index contributed by atoms with van der Waals surface area (Å²) in [6.07, 6.45) is 1.49. The number of aromatic hydroxyl groups is 1. The summed E-state index contributed by atoms with van der Waals surface area (Å²) in [5.41, 5.74) is 3.91. The van der Waals surface area contributed by atoms with Gasteiger partial charge in [-0.05, 0) is 37.5 Å². The van der Waals surface area contributed by atoms with Gasteiger partial charge in [0.25, 0.3) is 0 Å². The summed E-state index contributed by atoms with van der Waals surface area (Å²) in [5.74, 6) is 1.29. The lowest BCUT2D eigenvalue weighted by molar-refractivity contribution is 0.174. The number of benzene rings is 1. The number of aliphatic hydroxyl groups excluding tert-OH is 1. The van der Waals surface area contributed by atoms with E-state index in [0.29, 0.717) is 12.2 Å². The van der Waals surface area contributed by atoms with Gasteiger partial charge in [-0.15, -0.1) is 0 Å². The van der Waals surface area contributed by atoms with E-state index >= 15 is 0 Å². The Kier molecular flexibility index (Phi) is 2.80. The Bertz CT molecular complexity index is 387. The fourth-order valence-electron chi connectivity index (χ4n) is 2.31. The molecule has 1 aromatic rings. The minimum Gasteiger partial charge on any atom is -0.507 e. The number of phenols is 1. The van der Waals surface area contributed by atoms with E-state index in [-0.39, 0.29) is 12.7 Å². The average Bonchev–Trinajstić information content (AvgIpc) is 2.68. The minimum atomic E-state index is 0.0543. The number of rotatable bonds is 2. The molecule has 0 fully saturated rings. The van der Waals surface area contributed by atoms with Crippen LogP contribution in [0.15, 0.2) is 0 Å². The minimum absolute atomic E-state index is 0.0543. The van der Waals surface area contributed by atoms with E-state index in [9.17, 15) is 5.11 Å². The van der Waals surface area contributed by atoms with Crippen molar-refractivity contribution in [1.82, 2.24) is 0 Å². The summed E-state index contributed by atoms with van der Waals surface area (Å²) in [6, 6.07) is 0. The highest BCUT2D eigenvalue weighted by Gasteiger charge is 2.28. The zero-order valence-corrected chi connectivity index (χ0v) is 10.0. The summed E-state index contributed by atoms with van der Waals surface area (Å²) in [5, 5.41) is 18.9. The number of ether oxygens (including phenoxy) is 1. The first-order chi connectivity index (χ1) is 7.56. The molecule has 16 heavy (non-hydrogen) atoms. The molecule has 3 nitrogen and oxygen atoms in total. The first-order valence-electron chi connectivity index (χ1n) is 5.65. The summed E-state index contributed by atoms with van der Waals surface area (Å²) in [4.78, 5) is 0. The molecule has 88 valence electrons. The second-order valence-corrected chi connectivity index (χ2v) is 4.49. The highest BCUT2D eigenvalue weighted by Crippen LogP contribution is 2.42. The third-order valence-electron chi connectivity index (χ3n) is 3.51. The fraction of sp³-hybridized carbons (Fsp3) is 0.538. The van der Waals surface area contributed by atoms with Crippen LogP contribution in [0.2, 0.25) is 0 Å². The van der Waals surface area contributed by atoms with Crippen molar-refractivity contribution in [2.75, 3.05) is 6.61 Å². The van der Waals surface area contributed by atoms with Crippen molar-refractivity contribution in [2.24, 2.45) is 0 Å². The Morgan fingerprint density at radius 2 is 1.88 bits per heavy atom. The van der Waals surface area contributed by atoms with Crippen molar-refractivity contribution < 1.29 is 14.9 Å². The highest BCUT2D eigenvalue weighted by molar-refractivity contribution is 5.59. The summed E-state index contributed by atoms with van der Waals surface area (Å²) < 4.78 is 5.82. The third-order valence-corrected chi connectivity index (χ3v) is 3.51. The van der Waals surface area contributed by atoms with Gasteiger partial charge in [-0.3, -0.25) is 0 Å². The molecule has 0 radical (unpaired) electrons. The van der Waals surface area contributed by atoms with Gasteiger partial charge in [0.15, 0.2) is 0 Å². The number of fused-ring (bicyclic) bond motifs is 1. The van der Waals surface area contributed by atoms with Crippen LogP contribution in [-0.4, -0.2) is 22.9 Å². The van der Waals surface area contributed by atoms with E-state index in [1.54, 1.807) is 0 Å². The SMILES string of the molecule is Cc1c(C)c2c(c(C)c1O)C[C@@H](CCO)O2. The second kappa shape index (κ2) is 3.98. The predicted molar refractivity (Wildman–Crippen MR) is 62.1 cm³/mol. The normalized spacial score (nSPS) is 18.4.